The van der Waals surface area contributed by atoms with Gasteiger partial charge in [-0.15, -0.1) is 0 Å². The van der Waals surface area contributed by atoms with E-state index in [1.807, 2.05) is 13.0 Å². The molecule has 0 aliphatic carbocycles. The van der Waals surface area contributed by atoms with E-state index in [-0.39, 0.29) is 6.04 Å². The molecule has 1 unspecified atom stereocenters. The second-order valence-electron chi connectivity index (χ2n) is 4.72. The van der Waals surface area contributed by atoms with Gasteiger partial charge in [0.15, 0.2) is 16.3 Å². The second-order valence-corrected chi connectivity index (χ2v) is 5.50. The molecule has 1 aliphatic rings. The van der Waals surface area contributed by atoms with Crippen molar-refractivity contribution < 1.29 is 8.94 Å². The van der Waals surface area contributed by atoms with E-state index in [1.54, 1.807) is 0 Å². The molecule has 0 radical (unpaired) electrons. The normalized spacial score (nSPS) is 20.9. The highest BCUT2D eigenvalue weighted by atomic mass is 79.9. The molecule has 0 saturated carbocycles. The maximum atomic E-state index is 5.52. The van der Waals surface area contributed by atoms with Crippen LogP contribution in [0.15, 0.2) is 19.7 Å². The van der Waals surface area contributed by atoms with Crippen molar-refractivity contribution in [3.05, 3.63) is 22.1 Å². The van der Waals surface area contributed by atoms with Crippen LogP contribution in [-0.2, 0) is 0 Å². The van der Waals surface area contributed by atoms with E-state index < -0.39 is 0 Å². The molecular weight excluding hydrogens is 312 g/mol. The van der Waals surface area contributed by atoms with Gasteiger partial charge in [0.1, 0.15) is 0 Å². The van der Waals surface area contributed by atoms with Gasteiger partial charge in [-0.3, -0.25) is 4.90 Å². The van der Waals surface area contributed by atoms with Crippen LogP contribution in [0.2, 0.25) is 0 Å². The zero-order valence-corrected chi connectivity index (χ0v) is 12.4. The Morgan fingerprint density at radius 3 is 3.05 bits per heavy atom. The van der Waals surface area contributed by atoms with Crippen LogP contribution in [0.5, 0.6) is 0 Å². The van der Waals surface area contributed by atoms with E-state index in [9.17, 15) is 0 Å². The number of likely N-dealkylation sites (N-methyl/N-ethyl adjacent to an activating group) is 1. The number of aryl methyl sites for hydroxylation is 1. The fourth-order valence-electron chi connectivity index (χ4n) is 2.21. The van der Waals surface area contributed by atoms with E-state index in [1.165, 1.54) is 0 Å². The monoisotopic (exact) mass is 326 g/mol. The Morgan fingerprint density at radius 2 is 2.37 bits per heavy atom. The van der Waals surface area contributed by atoms with Crippen molar-refractivity contribution in [2.24, 2.45) is 0 Å². The molecule has 6 nitrogen and oxygen atoms in total. The first-order chi connectivity index (χ1) is 9.15. The van der Waals surface area contributed by atoms with Crippen molar-refractivity contribution in [1.82, 2.24) is 20.4 Å². The maximum absolute atomic E-state index is 5.52. The van der Waals surface area contributed by atoms with Gasteiger partial charge in [0.2, 0.25) is 0 Å². The standard InChI is InChI=1S/C12H15BrN4O2/c1-7-5-9(13)18-10(7)12-15-11(16-19-12)8-6-14-3-4-17(8)2/h5,8,14H,3-4,6H2,1-2H3. The van der Waals surface area contributed by atoms with Gasteiger partial charge in [0.05, 0.1) is 6.04 Å². The van der Waals surface area contributed by atoms with Crippen LogP contribution in [0.3, 0.4) is 0 Å². The second kappa shape index (κ2) is 5.07. The highest BCUT2D eigenvalue weighted by Crippen LogP contribution is 2.29. The molecule has 1 fully saturated rings. The van der Waals surface area contributed by atoms with E-state index in [2.05, 4.69) is 43.3 Å². The molecular formula is C12H15BrN4O2. The summed E-state index contributed by atoms with van der Waals surface area (Å²) in [6.45, 7) is 4.74. The summed E-state index contributed by atoms with van der Waals surface area (Å²) in [4.78, 5) is 6.67. The number of hydrogen-bond donors (Lipinski definition) is 1. The number of halogens is 1. The molecule has 1 saturated heterocycles. The first-order valence-corrected chi connectivity index (χ1v) is 6.95. The highest BCUT2D eigenvalue weighted by Gasteiger charge is 2.26. The van der Waals surface area contributed by atoms with Gasteiger partial charge >= 0.3 is 0 Å². The first-order valence-electron chi connectivity index (χ1n) is 6.16. The van der Waals surface area contributed by atoms with Crippen molar-refractivity contribution >= 4 is 15.9 Å². The Morgan fingerprint density at radius 1 is 1.53 bits per heavy atom. The number of hydrogen-bond acceptors (Lipinski definition) is 6. The van der Waals surface area contributed by atoms with Crippen molar-refractivity contribution in [1.29, 1.82) is 0 Å². The Labute approximate surface area is 119 Å². The fraction of sp³-hybridized carbons (Fsp3) is 0.500. The maximum Gasteiger partial charge on any atom is 0.294 e. The van der Waals surface area contributed by atoms with Crippen LogP contribution in [0, 0.1) is 6.92 Å². The lowest BCUT2D eigenvalue weighted by Crippen LogP contribution is -2.44. The predicted molar refractivity (Wildman–Crippen MR) is 72.7 cm³/mol. The van der Waals surface area contributed by atoms with Gasteiger partial charge in [0.25, 0.3) is 5.89 Å². The summed E-state index contributed by atoms with van der Waals surface area (Å²) in [6.07, 6.45) is 0. The zero-order valence-electron chi connectivity index (χ0n) is 10.8. The first kappa shape index (κ1) is 12.8. The molecule has 0 spiro atoms. The van der Waals surface area contributed by atoms with Crippen LogP contribution in [-0.4, -0.2) is 41.7 Å². The Kier molecular flexibility index (Phi) is 3.42. The molecule has 1 atom stereocenters. The average molecular weight is 327 g/mol. The van der Waals surface area contributed by atoms with E-state index >= 15 is 0 Å². The van der Waals surface area contributed by atoms with E-state index in [0.29, 0.717) is 22.1 Å². The third kappa shape index (κ3) is 2.45. The smallest absolute Gasteiger partial charge is 0.294 e. The molecule has 3 rings (SSSR count). The van der Waals surface area contributed by atoms with Crippen molar-refractivity contribution in [3.63, 3.8) is 0 Å². The number of rotatable bonds is 2. The van der Waals surface area contributed by atoms with Crippen molar-refractivity contribution in [3.8, 4) is 11.7 Å². The summed E-state index contributed by atoms with van der Waals surface area (Å²) in [6, 6.07) is 2.03. The number of nitrogens with zero attached hydrogens (tertiary/aromatic N) is 3. The summed E-state index contributed by atoms with van der Waals surface area (Å²) < 4.78 is 11.5. The van der Waals surface area contributed by atoms with Gasteiger partial charge in [-0.2, -0.15) is 4.98 Å². The zero-order chi connectivity index (χ0) is 13.4. The topological polar surface area (TPSA) is 67.3 Å². The summed E-state index contributed by atoms with van der Waals surface area (Å²) in [5.41, 5.74) is 0.970. The van der Waals surface area contributed by atoms with Crippen LogP contribution < -0.4 is 5.32 Å². The minimum Gasteiger partial charge on any atom is -0.444 e. The molecule has 3 heterocycles. The molecule has 102 valence electrons. The summed E-state index contributed by atoms with van der Waals surface area (Å²) in [5.74, 6) is 1.74. The number of furan rings is 1. The summed E-state index contributed by atoms with van der Waals surface area (Å²) in [7, 11) is 2.07. The largest absolute Gasteiger partial charge is 0.444 e. The Hall–Kier alpha value is -1.18. The van der Waals surface area contributed by atoms with Crippen LogP contribution >= 0.6 is 15.9 Å². The van der Waals surface area contributed by atoms with Crippen molar-refractivity contribution in [2.75, 3.05) is 26.7 Å². The molecule has 1 aliphatic heterocycles. The average Bonchev–Trinajstić information content (AvgIpc) is 2.96. The lowest BCUT2D eigenvalue weighted by Gasteiger charge is -2.30. The van der Waals surface area contributed by atoms with Crippen LogP contribution in [0.25, 0.3) is 11.7 Å². The van der Waals surface area contributed by atoms with E-state index in [4.69, 9.17) is 8.94 Å². The third-order valence-corrected chi connectivity index (χ3v) is 3.72. The van der Waals surface area contributed by atoms with Crippen molar-refractivity contribution in [2.45, 2.75) is 13.0 Å². The van der Waals surface area contributed by atoms with Gasteiger partial charge in [-0.25, -0.2) is 0 Å². The molecule has 7 heteroatoms. The molecule has 0 amide bonds. The summed E-state index contributed by atoms with van der Waals surface area (Å²) >= 11 is 3.30. The highest BCUT2D eigenvalue weighted by molar-refractivity contribution is 9.10. The molecule has 2 aromatic heterocycles. The number of piperazine rings is 1. The van der Waals surface area contributed by atoms with Crippen LogP contribution in [0.4, 0.5) is 0 Å². The minimum absolute atomic E-state index is 0.143. The molecule has 1 N–H and O–H groups in total. The van der Waals surface area contributed by atoms with Gasteiger partial charge < -0.3 is 14.3 Å². The quantitative estimate of drug-likeness (QED) is 0.910. The van der Waals surface area contributed by atoms with Crippen LogP contribution in [0.1, 0.15) is 17.4 Å². The lowest BCUT2D eigenvalue weighted by molar-refractivity contribution is 0.190. The Bertz CT molecular complexity index is 580. The lowest BCUT2D eigenvalue weighted by atomic mass is 10.2. The fourth-order valence-corrected chi connectivity index (χ4v) is 2.72. The molecule has 0 aromatic carbocycles. The third-order valence-electron chi connectivity index (χ3n) is 3.33. The van der Waals surface area contributed by atoms with Gasteiger partial charge in [0, 0.05) is 25.2 Å². The number of nitrogens with one attached hydrogen (secondary N) is 1. The predicted octanol–water partition coefficient (Wildman–Crippen LogP) is 1.98. The Balaban J connectivity index is 1.88. The SMILES string of the molecule is Cc1cc(Br)oc1-c1nc(C2CNCCN2C)no1. The molecule has 19 heavy (non-hydrogen) atoms. The molecule has 0 bridgehead atoms. The minimum atomic E-state index is 0.143. The summed E-state index contributed by atoms with van der Waals surface area (Å²) in [5, 5.41) is 7.41. The van der Waals surface area contributed by atoms with E-state index in [0.717, 1.165) is 25.2 Å². The molecule has 2 aromatic rings. The number of aromatic nitrogens is 2. The van der Waals surface area contributed by atoms with Gasteiger partial charge in [-0.05, 0) is 36.0 Å². The van der Waals surface area contributed by atoms with Gasteiger partial charge in [-0.1, -0.05) is 5.16 Å².